The van der Waals surface area contributed by atoms with Gasteiger partial charge < -0.3 is 14.7 Å². The van der Waals surface area contributed by atoms with E-state index in [4.69, 9.17) is 0 Å². The molecule has 2 aromatic carbocycles. The average molecular weight is 332 g/mol. The SMILES string of the molecule is CN(C)CCN1C(=O)c2ccccc2N(C)c2ccccc21.Cl. The molecule has 0 saturated heterocycles. The van der Waals surface area contributed by atoms with E-state index < -0.39 is 0 Å². The first kappa shape index (κ1) is 17.3. The fourth-order valence-electron chi connectivity index (χ4n) is 2.83. The monoisotopic (exact) mass is 331 g/mol. The van der Waals surface area contributed by atoms with Crippen LogP contribution in [0.25, 0.3) is 0 Å². The van der Waals surface area contributed by atoms with Gasteiger partial charge in [0, 0.05) is 20.1 Å². The third-order valence-corrected chi connectivity index (χ3v) is 4.05. The molecule has 1 aliphatic rings. The first-order chi connectivity index (χ1) is 10.6. The number of amides is 1. The van der Waals surface area contributed by atoms with Crippen molar-refractivity contribution in [2.24, 2.45) is 0 Å². The maximum absolute atomic E-state index is 13.0. The molecule has 0 N–H and O–H groups in total. The highest BCUT2D eigenvalue weighted by atomic mass is 35.5. The van der Waals surface area contributed by atoms with E-state index in [1.54, 1.807) is 0 Å². The lowest BCUT2D eigenvalue weighted by Gasteiger charge is -2.25. The largest absolute Gasteiger partial charge is 0.342 e. The standard InChI is InChI=1S/C18H21N3O.ClH/c1-19(2)12-13-21-17-11-7-6-10-16(17)20(3)15-9-5-4-8-14(15)18(21)22;/h4-11H,12-13H2,1-3H3;1H. The normalized spacial score (nSPS) is 13.3. The quantitative estimate of drug-likeness (QED) is 0.862. The Morgan fingerprint density at radius 2 is 1.48 bits per heavy atom. The molecule has 0 spiro atoms. The van der Waals surface area contributed by atoms with E-state index in [9.17, 15) is 4.79 Å². The number of likely N-dealkylation sites (N-methyl/N-ethyl adjacent to an activating group) is 1. The van der Waals surface area contributed by atoms with E-state index in [1.165, 1.54) is 0 Å². The molecule has 23 heavy (non-hydrogen) atoms. The van der Waals surface area contributed by atoms with Gasteiger partial charge in [-0.25, -0.2) is 0 Å². The topological polar surface area (TPSA) is 26.8 Å². The van der Waals surface area contributed by atoms with Gasteiger partial charge in [0.05, 0.1) is 22.6 Å². The fraction of sp³-hybridized carbons (Fsp3) is 0.278. The molecule has 0 radical (unpaired) electrons. The number of rotatable bonds is 3. The molecule has 0 saturated carbocycles. The maximum Gasteiger partial charge on any atom is 0.260 e. The van der Waals surface area contributed by atoms with Crippen LogP contribution in [-0.2, 0) is 0 Å². The second-order valence-electron chi connectivity index (χ2n) is 5.82. The Kier molecular flexibility index (Phi) is 5.29. The highest BCUT2D eigenvalue weighted by molar-refractivity contribution is 6.13. The Morgan fingerprint density at radius 1 is 0.913 bits per heavy atom. The number of fused-ring (bicyclic) bond motifs is 2. The molecule has 0 aliphatic carbocycles. The third-order valence-electron chi connectivity index (χ3n) is 4.05. The number of carbonyl (C=O) groups excluding carboxylic acids is 1. The number of nitrogens with zero attached hydrogens (tertiary/aromatic N) is 3. The molecule has 3 rings (SSSR count). The Bertz CT molecular complexity index is 702. The Morgan fingerprint density at radius 3 is 2.13 bits per heavy atom. The number of hydrogen-bond acceptors (Lipinski definition) is 3. The molecule has 0 unspecified atom stereocenters. The van der Waals surface area contributed by atoms with Crippen molar-refractivity contribution in [1.29, 1.82) is 0 Å². The maximum atomic E-state index is 13.0. The Balaban J connectivity index is 0.00000192. The van der Waals surface area contributed by atoms with Gasteiger partial charge in [-0.2, -0.15) is 0 Å². The molecular formula is C18H22ClN3O. The van der Waals surface area contributed by atoms with Crippen molar-refractivity contribution in [3.8, 4) is 0 Å². The number of hydrogen-bond donors (Lipinski definition) is 0. The van der Waals surface area contributed by atoms with Gasteiger partial charge in [0.2, 0.25) is 0 Å². The lowest BCUT2D eigenvalue weighted by atomic mass is 10.1. The molecule has 1 aliphatic heterocycles. The van der Waals surface area contributed by atoms with Crippen LogP contribution in [0.1, 0.15) is 10.4 Å². The lowest BCUT2D eigenvalue weighted by molar-refractivity contribution is 0.0986. The summed E-state index contributed by atoms with van der Waals surface area (Å²) < 4.78 is 0. The second kappa shape index (κ2) is 7.02. The summed E-state index contributed by atoms with van der Waals surface area (Å²) >= 11 is 0. The first-order valence-corrected chi connectivity index (χ1v) is 7.48. The van der Waals surface area contributed by atoms with Crippen molar-refractivity contribution in [2.45, 2.75) is 0 Å². The van der Waals surface area contributed by atoms with Crippen molar-refractivity contribution in [3.05, 3.63) is 54.1 Å². The smallest absolute Gasteiger partial charge is 0.260 e. The Labute approximate surface area is 143 Å². The number of halogens is 1. The molecule has 4 nitrogen and oxygen atoms in total. The second-order valence-corrected chi connectivity index (χ2v) is 5.82. The van der Waals surface area contributed by atoms with Gasteiger partial charge in [-0.05, 0) is 38.4 Å². The number of benzene rings is 2. The van der Waals surface area contributed by atoms with E-state index in [0.717, 1.165) is 29.2 Å². The van der Waals surface area contributed by atoms with E-state index in [2.05, 4.69) is 15.9 Å². The highest BCUT2D eigenvalue weighted by Crippen LogP contribution is 2.39. The van der Waals surface area contributed by atoms with Crippen molar-refractivity contribution in [1.82, 2.24) is 4.90 Å². The molecule has 122 valence electrons. The molecule has 0 fully saturated rings. The molecule has 1 heterocycles. The summed E-state index contributed by atoms with van der Waals surface area (Å²) in [5.41, 5.74) is 3.72. The van der Waals surface area contributed by atoms with Crippen LogP contribution < -0.4 is 9.80 Å². The van der Waals surface area contributed by atoms with Crippen LogP contribution in [0.15, 0.2) is 48.5 Å². The van der Waals surface area contributed by atoms with Gasteiger partial charge in [0.15, 0.2) is 0 Å². The molecule has 0 atom stereocenters. The summed E-state index contributed by atoms with van der Waals surface area (Å²) in [6.45, 7) is 1.50. The zero-order valence-electron chi connectivity index (χ0n) is 13.7. The van der Waals surface area contributed by atoms with Crippen molar-refractivity contribution < 1.29 is 4.79 Å². The van der Waals surface area contributed by atoms with Crippen LogP contribution in [-0.4, -0.2) is 45.0 Å². The number of anilines is 3. The van der Waals surface area contributed by atoms with Gasteiger partial charge in [-0.3, -0.25) is 4.79 Å². The molecule has 0 aromatic heterocycles. The van der Waals surface area contributed by atoms with Crippen molar-refractivity contribution in [3.63, 3.8) is 0 Å². The summed E-state index contributed by atoms with van der Waals surface area (Å²) in [4.78, 5) is 19.1. The molecule has 2 aromatic rings. The minimum atomic E-state index is 0. The minimum Gasteiger partial charge on any atom is -0.342 e. The predicted molar refractivity (Wildman–Crippen MR) is 98.4 cm³/mol. The summed E-state index contributed by atoms with van der Waals surface area (Å²) in [5.74, 6) is 0.0641. The summed E-state index contributed by atoms with van der Waals surface area (Å²) in [7, 11) is 6.06. The van der Waals surface area contributed by atoms with E-state index in [-0.39, 0.29) is 18.3 Å². The average Bonchev–Trinajstić information content (AvgIpc) is 2.62. The van der Waals surface area contributed by atoms with Crippen LogP contribution >= 0.6 is 12.4 Å². The third kappa shape index (κ3) is 3.19. The Hall–Kier alpha value is -2.04. The minimum absolute atomic E-state index is 0. The van der Waals surface area contributed by atoms with Crippen LogP contribution in [0, 0.1) is 0 Å². The van der Waals surface area contributed by atoms with Gasteiger partial charge in [-0.1, -0.05) is 24.3 Å². The molecule has 0 bridgehead atoms. The predicted octanol–water partition coefficient (Wildman–Crippen LogP) is 3.40. The van der Waals surface area contributed by atoms with Crippen LogP contribution in [0.4, 0.5) is 17.1 Å². The first-order valence-electron chi connectivity index (χ1n) is 7.48. The summed E-state index contributed by atoms with van der Waals surface area (Å²) in [6, 6.07) is 15.9. The van der Waals surface area contributed by atoms with Gasteiger partial charge in [0.1, 0.15) is 0 Å². The van der Waals surface area contributed by atoms with E-state index >= 15 is 0 Å². The fourth-order valence-corrected chi connectivity index (χ4v) is 2.83. The molecular weight excluding hydrogens is 310 g/mol. The van der Waals surface area contributed by atoms with Gasteiger partial charge in [0.25, 0.3) is 5.91 Å². The van der Waals surface area contributed by atoms with E-state index in [0.29, 0.717) is 6.54 Å². The van der Waals surface area contributed by atoms with E-state index in [1.807, 2.05) is 68.5 Å². The lowest BCUT2D eigenvalue weighted by Crippen LogP contribution is -2.36. The van der Waals surface area contributed by atoms with Gasteiger partial charge >= 0.3 is 0 Å². The zero-order valence-corrected chi connectivity index (χ0v) is 14.5. The zero-order chi connectivity index (χ0) is 15.7. The van der Waals surface area contributed by atoms with Gasteiger partial charge in [-0.15, -0.1) is 12.4 Å². The molecule has 1 amide bonds. The number of para-hydroxylation sites is 3. The highest BCUT2D eigenvalue weighted by Gasteiger charge is 2.28. The van der Waals surface area contributed by atoms with Crippen molar-refractivity contribution in [2.75, 3.05) is 44.0 Å². The summed E-state index contributed by atoms with van der Waals surface area (Å²) in [5, 5.41) is 0. The van der Waals surface area contributed by atoms with Crippen LogP contribution in [0.3, 0.4) is 0 Å². The van der Waals surface area contributed by atoms with Crippen LogP contribution in [0.5, 0.6) is 0 Å². The number of carbonyl (C=O) groups is 1. The summed E-state index contributed by atoms with van der Waals surface area (Å²) in [6.07, 6.45) is 0. The molecule has 5 heteroatoms. The van der Waals surface area contributed by atoms with Crippen LogP contribution in [0.2, 0.25) is 0 Å². The van der Waals surface area contributed by atoms with Crippen molar-refractivity contribution >= 4 is 35.4 Å².